The summed E-state index contributed by atoms with van der Waals surface area (Å²) in [6.07, 6.45) is 4.01. The number of hydrogen-bond donors (Lipinski definition) is 1. The van der Waals surface area contributed by atoms with E-state index in [0.29, 0.717) is 11.8 Å². The molecule has 3 rings (SSSR count). The highest BCUT2D eigenvalue weighted by Gasteiger charge is 2.41. The van der Waals surface area contributed by atoms with Crippen LogP contribution in [0, 0.1) is 0 Å². The summed E-state index contributed by atoms with van der Waals surface area (Å²) in [7, 11) is 1.98. The minimum Gasteiger partial charge on any atom is -0.490 e. The molecule has 0 unspecified atom stereocenters. The van der Waals surface area contributed by atoms with Gasteiger partial charge in [-0.3, -0.25) is 0 Å². The van der Waals surface area contributed by atoms with Gasteiger partial charge in [0.25, 0.3) is 0 Å². The third-order valence-corrected chi connectivity index (χ3v) is 4.10. The topological polar surface area (TPSA) is 34.1 Å². The van der Waals surface area contributed by atoms with Gasteiger partial charge >= 0.3 is 0 Å². The van der Waals surface area contributed by atoms with Gasteiger partial charge in [-0.05, 0) is 31.5 Å². The second-order valence-corrected chi connectivity index (χ2v) is 5.55. The van der Waals surface area contributed by atoms with Crippen LogP contribution in [-0.2, 0) is 0 Å². The molecule has 1 fully saturated rings. The number of hydrogen-bond acceptors (Lipinski definition) is 3. The van der Waals surface area contributed by atoms with Gasteiger partial charge in [-0.2, -0.15) is 0 Å². The second kappa shape index (κ2) is 8.02. The number of rotatable bonds is 5. The average molecular weight is 362 g/mol. The van der Waals surface area contributed by atoms with E-state index in [2.05, 4.69) is 10.3 Å². The number of nitrogens with one attached hydrogen (secondary N) is 1. The summed E-state index contributed by atoms with van der Waals surface area (Å²) in [5.74, 6) is 0.759. The molecule has 120 valence electrons. The standard InChI is InChI=1S/C16H17ClN2O.2ClH/c1-18-16(7-8-16)11-20-13-9-14(15(17)19-10-13)12-5-3-2-4-6-12;;/h2-6,9-10,18H,7-8,11H2,1H3;2*1H. The Hall–Kier alpha value is -1.000. The molecule has 1 aliphatic carbocycles. The van der Waals surface area contributed by atoms with Crippen molar-refractivity contribution in [2.45, 2.75) is 18.4 Å². The number of halogens is 3. The molecule has 1 aliphatic rings. The molecule has 0 atom stereocenters. The molecule has 0 saturated heterocycles. The first-order chi connectivity index (χ1) is 9.72. The van der Waals surface area contributed by atoms with Crippen LogP contribution in [0.1, 0.15) is 12.8 Å². The van der Waals surface area contributed by atoms with Crippen LogP contribution in [0.15, 0.2) is 42.6 Å². The minimum absolute atomic E-state index is 0. The van der Waals surface area contributed by atoms with E-state index in [0.717, 1.165) is 29.7 Å². The van der Waals surface area contributed by atoms with E-state index in [1.54, 1.807) is 6.20 Å². The zero-order chi connectivity index (χ0) is 14.0. The predicted octanol–water partition coefficient (Wildman–Crippen LogP) is 4.38. The molecule has 1 saturated carbocycles. The molecule has 1 N–H and O–H groups in total. The highest BCUT2D eigenvalue weighted by Crippen LogP contribution is 2.36. The molecule has 0 bridgehead atoms. The Kier molecular flexibility index (Phi) is 6.95. The molecular weight excluding hydrogens is 343 g/mol. The first-order valence-corrected chi connectivity index (χ1v) is 7.13. The summed E-state index contributed by atoms with van der Waals surface area (Å²) < 4.78 is 5.86. The molecule has 1 heterocycles. The van der Waals surface area contributed by atoms with Gasteiger partial charge in [0.05, 0.1) is 11.7 Å². The van der Waals surface area contributed by atoms with Crippen LogP contribution < -0.4 is 10.1 Å². The lowest BCUT2D eigenvalue weighted by Gasteiger charge is -2.15. The number of likely N-dealkylation sites (N-methyl/N-ethyl adjacent to an activating group) is 1. The first-order valence-electron chi connectivity index (χ1n) is 6.75. The Bertz CT molecular complexity index is 604. The van der Waals surface area contributed by atoms with Crippen LogP contribution in [0.4, 0.5) is 0 Å². The van der Waals surface area contributed by atoms with Crippen molar-refractivity contribution in [3.05, 3.63) is 47.7 Å². The van der Waals surface area contributed by atoms with Crippen molar-refractivity contribution in [3.8, 4) is 16.9 Å². The first kappa shape index (κ1) is 19.0. The molecule has 3 nitrogen and oxygen atoms in total. The van der Waals surface area contributed by atoms with E-state index in [4.69, 9.17) is 16.3 Å². The molecule has 0 aliphatic heterocycles. The van der Waals surface area contributed by atoms with Crippen LogP contribution in [0.5, 0.6) is 5.75 Å². The third-order valence-electron chi connectivity index (χ3n) is 3.80. The molecule has 0 spiro atoms. The maximum atomic E-state index is 6.18. The fraction of sp³-hybridized carbons (Fsp3) is 0.312. The zero-order valence-electron chi connectivity index (χ0n) is 12.2. The highest BCUT2D eigenvalue weighted by atomic mass is 35.5. The van der Waals surface area contributed by atoms with Crippen LogP contribution in [0.3, 0.4) is 0 Å². The van der Waals surface area contributed by atoms with Crippen molar-refractivity contribution in [1.82, 2.24) is 10.3 Å². The van der Waals surface area contributed by atoms with Gasteiger partial charge in [-0.1, -0.05) is 41.9 Å². The SMILES string of the molecule is CNC1(COc2cnc(Cl)c(-c3ccccc3)c2)CC1.Cl.Cl. The van der Waals surface area contributed by atoms with Gasteiger partial charge < -0.3 is 10.1 Å². The smallest absolute Gasteiger partial charge is 0.138 e. The van der Waals surface area contributed by atoms with E-state index < -0.39 is 0 Å². The Labute approximate surface area is 148 Å². The summed E-state index contributed by atoms with van der Waals surface area (Å²) in [6.45, 7) is 0.668. The van der Waals surface area contributed by atoms with Gasteiger partial charge in [-0.25, -0.2) is 4.98 Å². The van der Waals surface area contributed by atoms with Crippen molar-refractivity contribution >= 4 is 36.4 Å². The van der Waals surface area contributed by atoms with Gasteiger partial charge in [0, 0.05) is 5.56 Å². The quantitative estimate of drug-likeness (QED) is 0.803. The fourth-order valence-corrected chi connectivity index (χ4v) is 2.38. The number of pyridine rings is 1. The summed E-state index contributed by atoms with van der Waals surface area (Å²) in [4.78, 5) is 4.22. The van der Waals surface area contributed by atoms with E-state index >= 15 is 0 Å². The van der Waals surface area contributed by atoms with Crippen LogP contribution in [-0.4, -0.2) is 24.2 Å². The summed E-state index contributed by atoms with van der Waals surface area (Å²) in [6, 6.07) is 11.9. The molecule has 0 radical (unpaired) electrons. The van der Waals surface area contributed by atoms with E-state index in [1.807, 2.05) is 43.4 Å². The monoisotopic (exact) mass is 360 g/mol. The van der Waals surface area contributed by atoms with E-state index in [-0.39, 0.29) is 30.4 Å². The second-order valence-electron chi connectivity index (χ2n) is 5.19. The molecule has 1 aromatic carbocycles. The minimum atomic E-state index is 0. The molecule has 0 amide bonds. The third kappa shape index (κ3) is 4.26. The van der Waals surface area contributed by atoms with E-state index in [1.165, 1.54) is 0 Å². The van der Waals surface area contributed by atoms with Crippen LogP contribution in [0.2, 0.25) is 5.15 Å². The van der Waals surface area contributed by atoms with E-state index in [9.17, 15) is 0 Å². The lowest BCUT2D eigenvalue weighted by Crippen LogP contribution is -2.33. The van der Waals surface area contributed by atoms with Crippen molar-refractivity contribution in [2.24, 2.45) is 0 Å². The number of benzene rings is 1. The van der Waals surface area contributed by atoms with Gasteiger partial charge in [-0.15, -0.1) is 24.8 Å². The maximum absolute atomic E-state index is 6.18. The van der Waals surface area contributed by atoms with Gasteiger partial charge in [0.2, 0.25) is 0 Å². The van der Waals surface area contributed by atoms with Crippen LogP contribution in [0.25, 0.3) is 11.1 Å². The normalized spacial score (nSPS) is 14.5. The molecular formula is C16H19Cl3N2O. The maximum Gasteiger partial charge on any atom is 0.138 e. The van der Waals surface area contributed by atoms with Crippen molar-refractivity contribution < 1.29 is 4.74 Å². The molecule has 6 heteroatoms. The number of nitrogens with zero attached hydrogens (tertiary/aromatic N) is 1. The van der Waals surface area contributed by atoms with Crippen molar-refractivity contribution in [2.75, 3.05) is 13.7 Å². The Morgan fingerprint density at radius 2 is 1.91 bits per heavy atom. The predicted molar refractivity (Wildman–Crippen MR) is 95.7 cm³/mol. The number of ether oxygens (including phenoxy) is 1. The zero-order valence-corrected chi connectivity index (χ0v) is 14.6. The summed E-state index contributed by atoms with van der Waals surface area (Å²) >= 11 is 6.18. The average Bonchev–Trinajstić information content (AvgIpc) is 3.28. The van der Waals surface area contributed by atoms with Crippen LogP contribution >= 0.6 is 36.4 Å². The van der Waals surface area contributed by atoms with Crippen molar-refractivity contribution in [1.29, 1.82) is 0 Å². The summed E-state index contributed by atoms with van der Waals surface area (Å²) in [5.41, 5.74) is 2.11. The Morgan fingerprint density at radius 1 is 1.23 bits per heavy atom. The Balaban J connectivity index is 0.00000121. The molecule has 2 aromatic rings. The lowest BCUT2D eigenvalue weighted by atomic mass is 10.1. The largest absolute Gasteiger partial charge is 0.490 e. The molecule has 1 aromatic heterocycles. The lowest BCUT2D eigenvalue weighted by molar-refractivity contribution is 0.259. The van der Waals surface area contributed by atoms with Gasteiger partial charge in [0.15, 0.2) is 0 Å². The fourth-order valence-electron chi connectivity index (χ4n) is 2.17. The Morgan fingerprint density at radius 3 is 2.50 bits per heavy atom. The summed E-state index contributed by atoms with van der Waals surface area (Å²) in [5, 5.41) is 3.81. The van der Waals surface area contributed by atoms with Gasteiger partial charge in [0.1, 0.15) is 17.5 Å². The van der Waals surface area contributed by atoms with Crippen molar-refractivity contribution in [3.63, 3.8) is 0 Å². The molecule has 22 heavy (non-hydrogen) atoms. The highest BCUT2D eigenvalue weighted by molar-refractivity contribution is 6.32. The number of aromatic nitrogens is 1.